The molecule has 2 N–H and O–H groups in total. The van der Waals surface area contributed by atoms with E-state index in [1.54, 1.807) is 0 Å². The number of nitrogens with one attached hydrogen (secondary N) is 2. The molecule has 0 aliphatic carbocycles. The zero-order valence-corrected chi connectivity index (χ0v) is 16.1. The topological polar surface area (TPSA) is 59.6 Å². The highest BCUT2D eigenvalue weighted by Gasteiger charge is 2.29. The summed E-state index contributed by atoms with van der Waals surface area (Å²) in [4.78, 5) is 12.7. The lowest BCUT2D eigenvalue weighted by Crippen LogP contribution is -2.45. The van der Waals surface area contributed by atoms with Crippen molar-refractivity contribution in [3.63, 3.8) is 0 Å². The number of thiocarbonyl (C=S) groups is 1. The molecule has 0 saturated heterocycles. The number of hydrogen-bond donors (Lipinski definition) is 2. The molecule has 1 heterocycles. The van der Waals surface area contributed by atoms with Gasteiger partial charge >= 0.3 is 0 Å². The van der Waals surface area contributed by atoms with Gasteiger partial charge < -0.3 is 20.1 Å². The second-order valence-corrected chi connectivity index (χ2v) is 6.53. The summed E-state index contributed by atoms with van der Waals surface area (Å²) < 4.78 is 11.2. The lowest BCUT2D eigenvalue weighted by molar-refractivity contribution is -0.120. The molecule has 1 aliphatic heterocycles. The van der Waals surface area contributed by atoms with Crippen molar-refractivity contribution < 1.29 is 14.3 Å². The highest BCUT2D eigenvalue weighted by atomic mass is 32.1. The molecule has 0 radical (unpaired) electrons. The summed E-state index contributed by atoms with van der Waals surface area (Å²) in [5.74, 6) is 1.37. The van der Waals surface area contributed by atoms with Crippen LogP contribution in [0.2, 0.25) is 0 Å². The van der Waals surface area contributed by atoms with Crippen LogP contribution in [0.25, 0.3) is 0 Å². The van der Waals surface area contributed by atoms with Gasteiger partial charge in [-0.15, -0.1) is 0 Å². The molecule has 5 nitrogen and oxygen atoms in total. The molecule has 1 aliphatic rings. The predicted molar refractivity (Wildman–Crippen MR) is 109 cm³/mol. The Labute approximate surface area is 164 Å². The number of benzene rings is 2. The fraction of sp³-hybridized carbons (Fsp3) is 0.238. The first-order valence-electron chi connectivity index (χ1n) is 8.80. The van der Waals surface area contributed by atoms with Crippen molar-refractivity contribution in [3.8, 4) is 11.5 Å². The molecule has 0 fully saturated rings. The Kier molecular flexibility index (Phi) is 6.21. The van der Waals surface area contributed by atoms with Crippen LogP contribution in [-0.2, 0) is 9.53 Å². The van der Waals surface area contributed by atoms with E-state index in [4.69, 9.17) is 21.7 Å². The van der Waals surface area contributed by atoms with Crippen LogP contribution in [-0.4, -0.2) is 24.1 Å². The van der Waals surface area contributed by atoms with Crippen LogP contribution in [0.4, 0.5) is 0 Å². The van der Waals surface area contributed by atoms with Crippen LogP contribution in [0.1, 0.15) is 25.5 Å². The molecule has 0 aromatic heterocycles. The van der Waals surface area contributed by atoms with Gasteiger partial charge in [0.05, 0.1) is 6.04 Å². The third-order valence-corrected chi connectivity index (χ3v) is 4.40. The second-order valence-electron chi connectivity index (χ2n) is 6.12. The van der Waals surface area contributed by atoms with Crippen LogP contribution in [0.3, 0.4) is 0 Å². The van der Waals surface area contributed by atoms with Gasteiger partial charge in [-0.2, -0.15) is 0 Å². The summed E-state index contributed by atoms with van der Waals surface area (Å²) in [5, 5.41) is 6.71. The summed E-state index contributed by atoms with van der Waals surface area (Å²) in [6.45, 7) is 4.24. The summed E-state index contributed by atoms with van der Waals surface area (Å²) in [7, 11) is 0. The smallest absolute Gasteiger partial charge is 0.188 e. The Morgan fingerprint density at radius 3 is 2.59 bits per heavy atom. The quantitative estimate of drug-likeness (QED) is 0.709. The SMILES string of the molecule is CCOCC(=O)C1=C(C)NC(=S)NC1c1cccc(Oc2ccccc2)c1. The minimum Gasteiger partial charge on any atom is -0.457 e. The molecular formula is C21H22N2O3S. The number of rotatable bonds is 7. The van der Waals surface area contributed by atoms with E-state index in [1.165, 1.54) is 0 Å². The van der Waals surface area contributed by atoms with Gasteiger partial charge in [-0.3, -0.25) is 4.79 Å². The van der Waals surface area contributed by atoms with Gasteiger partial charge in [0.15, 0.2) is 10.9 Å². The van der Waals surface area contributed by atoms with Gasteiger partial charge in [0.25, 0.3) is 0 Å². The van der Waals surface area contributed by atoms with Crippen LogP contribution in [0.5, 0.6) is 11.5 Å². The third-order valence-electron chi connectivity index (χ3n) is 4.18. The number of para-hydroxylation sites is 1. The predicted octanol–water partition coefficient (Wildman–Crippen LogP) is 3.88. The van der Waals surface area contributed by atoms with E-state index < -0.39 is 0 Å². The average Bonchev–Trinajstić information content (AvgIpc) is 2.66. The van der Waals surface area contributed by atoms with E-state index in [0.29, 0.717) is 23.0 Å². The number of ether oxygens (including phenoxy) is 2. The van der Waals surface area contributed by atoms with Crippen LogP contribution in [0, 0.1) is 0 Å². The van der Waals surface area contributed by atoms with E-state index in [0.717, 1.165) is 17.0 Å². The van der Waals surface area contributed by atoms with E-state index in [1.807, 2.05) is 68.4 Å². The Morgan fingerprint density at radius 2 is 1.85 bits per heavy atom. The van der Waals surface area contributed by atoms with Crippen molar-refractivity contribution in [3.05, 3.63) is 71.4 Å². The Bertz CT molecular complexity index is 865. The Morgan fingerprint density at radius 1 is 1.11 bits per heavy atom. The molecule has 2 aromatic carbocycles. The number of allylic oxidation sites excluding steroid dienone is 1. The van der Waals surface area contributed by atoms with Crippen molar-refractivity contribution >= 4 is 23.1 Å². The van der Waals surface area contributed by atoms with Gasteiger partial charge in [0.2, 0.25) is 0 Å². The molecule has 0 saturated carbocycles. The maximum absolute atomic E-state index is 12.7. The summed E-state index contributed by atoms with van der Waals surface area (Å²) in [6, 6.07) is 16.9. The summed E-state index contributed by atoms with van der Waals surface area (Å²) in [5.41, 5.74) is 2.25. The molecule has 0 bridgehead atoms. The van der Waals surface area contributed by atoms with E-state index in [9.17, 15) is 4.79 Å². The zero-order valence-electron chi connectivity index (χ0n) is 15.3. The number of hydrogen-bond acceptors (Lipinski definition) is 4. The molecule has 27 heavy (non-hydrogen) atoms. The maximum atomic E-state index is 12.7. The van der Waals surface area contributed by atoms with Crippen molar-refractivity contribution in [2.45, 2.75) is 19.9 Å². The first kappa shape index (κ1) is 19.1. The minimum atomic E-state index is -0.356. The third kappa shape index (κ3) is 4.72. The lowest BCUT2D eigenvalue weighted by atomic mass is 9.92. The van der Waals surface area contributed by atoms with Gasteiger partial charge in [0.1, 0.15) is 18.1 Å². The standard InChI is InChI=1S/C21H22N2O3S/c1-3-25-13-18(24)19-14(2)22-21(27)23-20(19)15-8-7-11-17(12-15)26-16-9-5-4-6-10-16/h4-12,20H,3,13H2,1-2H3,(H2,22,23,27). The van der Waals surface area contributed by atoms with E-state index in [2.05, 4.69) is 10.6 Å². The Balaban J connectivity index is 1.90. The Hall–Kier alpha value is -2.70. The van der Waals surface area contributed by atoms with Crippen LogP contribution in [0.15, 0.2) is 65.9 Å². The molecule has 1 unspecified atom stereocenters. The number of carbonyl (C=O) groups is 1. The van der Waals surface area contributed by atoms with Gasteiger partial charge in [-0.05, 0) is 55.9 Å². The molecule has 6 heteroatoms. The van der Waals surface area contributed by atoms with Gasteiger partial charge in [-0.1, -0.05) is 30.3 Å². The summed E-state index contributed by atoms with van der Waals surface area (Å²) >= 11 is 5.29. The first-order chi connectivity index (χ1) is 13.1. The van der Waals surface area contributed by atoms with Crippen molar-refractivity contribution in [2.75, 3.05) is 13.2 Å². The van der Waals surface area contributed by atoms with E-state index in [-0.39, 0.29) is 18.4 Å². The maximum Gasteiger partial charge on any atom is 0.188 e. The normalized spacial score (nSPS) is 16.5. The van der Waals surface area contributed by atoms with Crippen LogP contribution < -0.4 is 15.4 Å². The zero-order chi connectivity index (χ0) is 19.2. The summed E-state index contributed by atoms with van der Waals surface area (Å²) in [6.07, 6.45) is 0. The molecular weight excluding hydrogens is 360 g/mol. The molecule has 2 aromatic rings. The fourth-order valence-electron chi connectivity index (χ4n) is 2.97. The first-order valence-corrected chi connectivity index (χ1v) is 9.21. The molecule has 1 atom stereocenters. The van der Waals surface area contributed by atoms with Crippen molar-refractivity contribution in [2.24, 2.45) is 0 Å². The van der Waals surface area contributed by atoms with Gasteiger partial charge in [-0.25, -0.2) is 0 Å². The number of ketones is 1. The molecule has 3 rings (SSSR count). The average molecular weight is 382 g/mol. The highest BCUT2D eigenvalue weighted by Crippen LogP contribution is 2.31. The van der Waals surface area contributed by atoms with Gasteiger partial charge in [0, 0.05) is 17.9 Å². The molecule has 0 amide bonds. The highest BCUT2D eigenvalue weighted by molar-refractivity contribution is 7.80. The minimum absolute atomic E-state index is 0.0377. The van der Waals surface area contributed by atoms with Crippen molar-refractivity contribution in [1.29, 1.82) is 0 Å². The fourth-order valence-corrected chi connectivity index (χ4v) is 3.24. The van der Waals surface area contributed by atoms with Crippen LogP contribution >= 0.6 is 12.2 Å². The molecule has 0 spiro atoms. The van der Waals surface area contributed by atoms with E-state index >= 15 is 0 Å². The number of Topliss-reactive ketones (excluding diaryl/α,β-unsaturated/α-hetero) is 1. The molecule has 140 valence electrons. The lowest BCUT2D eigenvalue weighted by Gasteiger charge is -2.30. The second kappa shape index (κ2) is 8.79. The monoisotopic (exact) mass is 382 g/mol. The largest absolute Gasteiger partial charge is 0.457 e. The number of carbonyl (C=O) groups excluding carboxylic acids is 1. The van der Waals surface area contributed by atoms with Crippen molar-refractivity contribution in [1.82, 2.24) is 10.6 Å².